The summed E-state index contributed by atoms with van der Waals surface area (Å²) in [6, 6.07) is 19.9. The number of anilines is 1. The van der Waals surface area contributed by atoms with E-state index in [2.05, 4.69) is 10.4 Å². The van der Waals surface area contributed by atoms with Crippen LogP contribution in [-0.4, -0.2) is 46.5 Å². The predicted molar refractivity (Wildman–Crippen MR) is 96.7 cm³/mol. The molecule has 1 aromatic heterocycles. The molecule has 0 fully saturated rings. The number of hydrogen-bond acceptors (Lipinski definition) is 6. The molecular formula is C19H21N3O3. The Morgan fingerprint density at radius 2 is 1.40 bits per heavy atom. The first-order chi connectivity index (χ1) is 12.3. The highest BCUT2D eigenvalue weighted by Gasteiger charge is 2.18. The van der Waals surface area contributed by atoms with Crippen molar-refractivity contribution in [3.05, 3.63) is 60.7 Å². The molecule has 0 saturated heterocycles. The summed E-state index contributed by atoms with van der Waals surface area (Å²) in [7, 11) is 0. The first-order valence-corrected chi connectivity index (χ1v) is 8.17. The van der Waals surface area contributed by atoms with Gasteiger partial charge >= 0.3 is 6.01 Å². The Morgan fingerprint density at radius 3 is 1.96 bits per heavy atom. The summed E-state index contributed by atoms with van der Waals surface area (Å²) in [6.07, 6.45) is 0. The number of hydrogen-bond donors (Lipinski definition) is 3. The molecule has 0 atom stereocenters. The van der Waals surface area contributed by atoms with Gasteiger partial charge in [-0.3, -0.25) is 5.43 Å². The average Bonchev–Trinajstić information content (AvgIpc) is 3.07. The predicted octanol–water partition coefficient (Wildman–Crippen LogP) is 2.62. The van der Waals surface area contributed by atoms with Crippen molar-refractivity contribution in [2.45, 2.75) is 0 Å². The number of aliphatic hydroxyl groups is 2. The fourth-order valence-electron chi connectivity index (χ4n) is 2.55. The molecule has 0 bridgehead atoms. The number of aliphatic hydroxyl groups excluding tert-OH is 2. The highest BCUT2D eigenvalue weighted by molar-refractivity contribution is 5.77. The number of oxazole rings is 1. The zero-order valence-electron chi connectivity index (χ0n) is 13.8. The third-order valence-electron chi connectivity index (χ3n) is 3.70. The second kappa shape index (κ2) is 8.43. The van der Waals surface area contributed by atoms with Gasteiger partial charge in [-0.25, -0.2) is 5.01 Å². The van der Waals surface area contributed by atoms with Gasteiger partial charge in [0.05, 0.1) is 13.2 Å². The van der Waals surface area contributed by atoms with E-state index in [-0.39, 0.29) is 13.2 Å². The number of nitrogens with one attached hydrogen (secondary N) is 1. The molecule has 2 aromatic carbocycles. The molecule has 0 aliphatic heterocycles. The van der Waals surface area contributed by atoms with Gasteiger partial charge in [-0.1, -0.05) is 60.7 Å². The molecule has 3 aromatic rings. The molecule has 25 heavy (non-hydrogen) atoms. The van der Waals surface area contributed by atoms with Crippen LogP contribution < -0.4 is 5.43 Å². The summed E-state index contributed by atoms with van der Waals surface area (Å²) in [5.41, 5.74) is 5.64. The van der Waals surface area contributed by atoms with Gasteiger partial charge < -0.3 is 14.6 Å². The van der Waals surface area contributed by atoms with Gasteiger partial charge in [0.25, 0.3) is 0 Å². The quantitative estimate of drug-likeness (QED) is 0.547. The van der Waals surface area contributed by atoms with E-state index in [0.717, 1.165) is 16.8 Å². The normalized spacial score (nSPS) is 11.0. The van der Waals surface area contributed by atoms with Gasteiger partial charge in [0, 0.05) is 24.2 Å². The molecule has 3 N–H and O–H groups in total. The fourth-order valence-corrected chi connectivity index (χ4v) is 2.55. The molecule has 0 aliphatic carbocycles. The lowest BCUT2D eigenvalue weighted by Gasteiger charge is -2.19. The molecule has 130 valence electrons. The zero-order chi connectivity index (χ0) is 17.5. The minimum Gasteiger partial charge on any atom is -0.422 e. The van der Waals surface area contributed by atoms with Crippen LogP contribution in [0.2, 0.25) is 0 Å². The van der Waals surface area contributed by atoms with Crippen molar-refractivity contribution in [2.24, 2.45) is 0 Å². The molecule has 1 heterocycles. The third kappa shape index (κ3) is 4.24. The highest BCUT2D eigenvalue weighted by Crippen LogP contribution is 2.34. The Morgan fingerprint density at radius 1 is 0.840 bits per heavy atom. The van der Waals surface area contributed by atoms with Gasteiger partial charge in [-0.2, -0.15) is 4.98 Å². The molecule has 0 spiro atoms. The highest BCUT2D eigenvalue weighted by atomic mass is 16.4. The molecule has 0 amide bonds. The van der Waals surface area contributed by atoms with Crippen molar-refractivity contribution >= 4 is 6.01 Å². The first-order valence-electron chi connectivity index (χ1n) is 8.17. The molecule has 0 aliphatic rings. The molecule has 0 saturated carbocycles. The maximum absolute atomic E-state index is 9.14. The smallest absolute Gasteiger partial charge is 0.310 e. The van der Waals surface area contributed by atoms with E-state index in [1.807, 2.05) is 60.7 Å². The average molecular weight is 339 g/mol. The van der Waals surface area contributed by atoms with E-state index >= 15 is 0 Å². The van der Waals surface area contributed by atoms with Crippen LogP contribution in [0.3, 0.4) is 0 Å². The maximum Gasteiger partial charge on any atom is 0.310 e. The minimum atomic E-state index is -0.0369. The van der Waals surface area contributed by atoms with Crippen molar-refractivity contribution in [3.63, 3.8) is 0 Å². The van der Waals surface area contributed by atoms with Crippen molar-refractivity contribution < 1.29 is 14.6 Å². The Hall–Kier alpha value is -2.67. The lowest BCUT2D eigenvalue weighted by atomic mass is 10.1. The van der Waals surface area contributed by atoms with Crippen molar-refractivity contribution in [1.82, 2.24) is 9.99 Å². The number of nitrogens with zero attached hydrogens (tertiary/aromatic N) is 2. The SMILES string of the molecule is OCCN(CCO)Nc1nc(-c2ccccc2)c(-c2ccccc2)o1. The Balaban J connectivity index is 1.97. The van der Waals surface area contributed by atoms with Crippen LogP contribution in [0.4, 0.5) is 6.01 Å². The van der Waals surface area contributed by atoms with Crippen LogP contribution in [0, 0.1) is 0 Å². The standard InChI is InChI=1S/C19H21N3O3/c23-13-11-22(12-14-24)21-19-20-17(15-7-3-1-4-8-15)18(25-19)16-9-5-2-6-10-16/h1-10,23-24H,11-14H2,(H,20,21). The van der Waals surface area contributed by atoms with E-state index in [1.165, 1.54) is 0 Å². The van der Waals surface area contributed by atoms with E-state index in [9.17, 15) is 0 Å². The van der Waals surface area contributed by atoms with Crippen molar-refractivity contribution in [3.8, 4) is 22.6 Å². The molecule has 0 radical (unpaired) electrons. The van der Waals surface area contributed by atoms with Crippen molar-refractivity contribution in [1.29, 1.82) is 0 Å². The van der Waals surface area contributed by atoms with E-state index in [4.69, 9.17) is 14.6 Å². The maximum atomic E-state index is 9.14. The van der Waals surface area contributed by atoms with Gasteiger partial charge in [-0.15, -0.1) is 0 Å². The summed E-state index contributed by atoms with van der Waals surface area (Å²) >= 11 is 0. The van der Waals surface area contributed by atoms with E-state index < -0.39 is 0 Å². The Bertz CT molecular complexity index is 712. The minimum absolute atomic E-state index is 0.0369. The van der Waals surface area contributed by atoms with Gasteiger partial charge in [-0.05, 0) is 0 Å². The van der Waals surface area contributed by atoms with Crippen molar-refractivity contribution in [2.75, 3.05) is 31.7 Å². The molecule has 3 rings (SSSR count). The van der Waals surface area contributed by atoms with Crippen LogP contribution in [0.1, 0.15) is 0 Å². The number of rotatable bonds is 8. The van der Waals surface area contributed by atoms with Crippen LogP contribution in [0.25, 0.3) is 22.6 Å². The van der Waals surface area contributed by atoms with E-state index in [0.29, 0.717) is 24.9 Å². The van der Waals surface area contributed by atoms with E-state index in [1.54, 1.807) is 5.01 Å². The topological polar surface area (TPSA) is 81.8 Å². The molecule has 6 heteroatoms. The fraction of sp³-hybridized carbons (Fsp3) is 0.211. The Kier molecular flexibility index (Phi) is 5.79. The lowest BCUT2D eigenvalue weighted by molar-refractivity contribution is 0.179. The number of benzene rings is 2. The third-order valence-corrected chi connectivity index (χ3v) is 3.70. The molecule has 6 nitrogen and oxygen atoms in total. The van der Waals surface area contributed by atoms with Crippen LogP contribution in [0.15, 0.2) is 65.1 Å². The second-order valence-corrected chi connectivity index (χ2v) is 5.47. The van der Waals surface area contributed by atoms with Crippen LogP contribution in [0.5, 0.6) is 0 Å². The Labute approximate surface area is 146 Å². The lowest BCUT2D eigenvalue weighted by Crippen LogP contribution is -2.35. The summed E-state index contributed by atoms with van der Waals surface area (Å²) in [5, 5.41) is 19.9. The van der Waals surface area contributed by atoms with Gasteiger partial charge in [0.1, 0.15) is 5.69 Å². The number of hydrazine groups is 1. The number of aromatic nitrogens is 1. The first kappa shape index (κ1) is 17.2. The second-order valence-electron chi connectivity index (χ2n) is 5.47. The summed E-state index contributed by atoms with van der Waals surface area (Å²) in [4.78, 5) is 4.58. The van der Waals surface area contributed by atoms with Gasteiger partial charge in [0.15, 0.2) is 5.76 Å². The monoisotopic (exact) mass is 339 g/mol. The van der Waals surface area contributed by atoms with Crippen LogP contribution >= 0.6 is 0 Å². The largest absolute Gasteiger partial charge is 0.422 e. The molecule has 0 unspecified atom stereocenters. The summed E-state index contributed by atoms with van der Waals surface area (Å²) < 4.78 is 5.95. The summed E-state index contributed by atoms with van der Waals surface area (Å²) in [5.74, 6) is 0.669. The van der Waals surface area contributed by atoms with Gasteiger partial charge in [0.2, 0.25) is 0 Å². The molecular weight excluding hydrogens is 318 g/mol. The van der Waals surface area contributed by atoms with Crippen LogP contribution in [-0.2, 0) is 0 Å². The summed E-state index contributed by atoms with van der Waals surface area (Å²) in [6.45, 7) is 0.629. The zero-order valence-corrected chi connectivity index (χ0v) is 13.8.